The van der Waals surface area contributed by atoms with Gasteiger partial charge in [0, 0.05) is 19.3 Å². The summed E-state index contributed by atoms with van der Waals surface area (Å²) in [5, 5.41) is 8.55. The topological polar surface area (TPSA) is 53.3 Å². The molecule has 0 radical (unpaired) electrons. The van der Waals surface area contributed by atoms with Crippen LogP contribution >= 0.6 is 0 Å². The average molecular weight is 218 g/mol. The van der Waals surface area contributed by atoms with Crippen LogP contribution in [0.2, 0.25) is 0 Å². The van der Waals surface area contributed by atoms with Crippen molar-refractivity contribution in [3.8, 4) is 6.07 Å². The number of hydrogen-bond acceptors (Lipinski definition) is 3. The molecule has 0 aliphatic heterocycles. The number of benzene rings is 1. The lowest BCUT2D eigenvalue weighted by Gasteiger charge is -2.21. The van der Waals surface area contributed by atoms with E-state index in [1.54, 1.807) is 4.90 Å². The minimum absolute atomic E-state index is 0.0281. The van der Waals surface area contributed by atoms with Crippen molar-refractivity contribution in [3.05, 3.63) is 30.3 Å². The summed E-state index contributed by atoms with van der Waals surface area (Å²) < 4.78 is 4.81. The van der Waals surface area contributed by atoms with Crippen LogP contribution in [0.15, 0.2) is 30.3 Å². The highest BCUT2D eigenvalue weighted by molar-refractivity contribution is 5.94. The molecular formula is C12H14N2O2. The third-order valence-electron chi connectivity index (χ3n) is 2.08. The maximum atomic E-state index is 11.7. The third kappa shape index (κ3) is 3.37. The molecule has 1 aromatic carbocycles. The summed E-state index contributed by atoms with van der Waals surface area (Å²) in [4.78, 5) is 13.3. The quantitative estimate of drug-likeness (QED) is 0.754. The SMILES string of the molecule is COCC(=O)N(CCC#N)c1ccccc1. The second-order valence-electron chi connectivity index (χ2n) is 3.22. The second-order valence-corrected chi connectivity index (χ2v) is 3.22. The molecule has 0 aliphatic rings. The van der Waals surface area contributed by atoms with Crippen LogP contribution in [0, 0.1) is 11.3 Å². The number of carbonyl (C=O) groups excluding carboxylic acids is 1. The number of rotatable bonds is 5. The van der Waals surface area contributed by atoms with E-state index in [9.17, 15) is 4.79 Å². The first kappa shape index (κ1) is 12.2. The summed E-state index contributed by atoms with van der Waals surface area (Å²) >= 11 is 0. The van der Waals surface area contributed by atoms with Gasteiger partial charge in [-0.2, -0.15) is 5.26 Å². The van der Waals surface area contributed by atoms with Crippen LogP contribution in [0.25, 0.3) is 0 Å². The van der Waals surface area contributed by atoms with Gasteiger partial charge in [0.2, 0.25) is 0 Å². The molecule has 0 bridgehead atoms. The van der Waals surface area contributed by atoms with Crippen molar-refractivity contribution in [2.45, 2.75) is 6.42 Å². The zero-order valence-corrected chi connectivity index (χ0v) is 9.22. The summed E-state index contributed by atoms with van der Waals surface area (Å²) in [6.45, 7) is 0.420. The maximum Gasteiger partial charge on any atom is 0.252 e. The molecule has 0 unspecified atom stereocenters. The van der Waals surface area contributed by atoms with Crippen LogP contribution in [-0.4, -0.2) is 26.2 Å². The van der Waals surface area contributed by atoms with E-state index in [0.717, 1.165) is 5.69 Å². The normalized spacial score (nSPS) is 9.50. The molecule has 84 valence electrons. The van der Waals surface area contributed by atoms with Gasteiger partial charge in [0.05, 0.1) is 12.5 Å². The Morgan fingerprint density at radius 1 is 1.44 bits per heavy atom. The highest BCUT2D eigenvalue weighted by Gasteiger charge is 2.14. The molecule has 1 rings (SSSR count). The van der Waals surface area contributed by atoms with Crippen LogP contribution in [-0.2, 0) is 9.53 Å². The number of carbonyl (C=O) groups is 1. The molecule has 0 fully saturated rings. The first-order valence-corrected chi connectivity index (χ1v) is 5.01. The number of hydrogen-bond donors (Lipinski definition) is 0. The Morgan fingerprint density at radius 3 is 2.69 bits per heavy atom. The first-order chi connectivity index (χ1) is 7.79. The van der Waals surface area contributed by atoms with Gasteiger partial charge < -0.3 is 9.64 Å². The molecule has 0 N–H and O–H groups in total. The molecule has 0 spiro atoms. The Morgan fingerprint density at radius 2 is 2.12 bits per heavy atom. The largest absolute Gasteiger partial charge is 0.375 e. The predicted octanol–water partition coefficient (Wildman–Crippen LogP) is 1.58. The van der Waals surface area contributed by atoms with Crippen LogP contribution in [0.4, 0.5) is 5.69 Å². The second kappa shape index (κ2) is 6.59. The van der Waals surface area contributed by atoms with Crippen molar-refractivity contribution >= 4 is 11.6 Å². The number of ether oxygens (including phenoxy) is 1. The van der Waals surface area contributed by atoms with Crippen LogP contribution in [0.5, 0.6) is 0 Å². The zero-order valence-electron chi connectivity index (χ0n) is 9.22. The first-order valence-electron chi connectivity index (χ1n) is 5.01. The molecule has 0 aliphatic carbocycles. The zero-order chi connectivity index (χ0) is 11.8. The van der Waals surface area contributed by atoms with Crippen molar-refractivity contribution in [2.24, 2.45) is 0 Å². The fourth-order valence-electron chi connectivity index (χ4n) is 1.37. The van der Waals surface area contributed by atoms with Gasteiger partial charge in [-0.25, -0.2) is 0 Å². The van der Waals surface area contributed by atoms with Gasteiger partial charge in [0.15, 0.2) is 0 Å². The monoisotopic (exact) mass is 218 g/mol. The highest BCUT2D eigenvalue weighted by atomic mass is 16.5. The summed E-state index contributed by atoms with van der Waals surface area (Å²) in [5.74, 6) is -0.135. The van der Waals surface area contributed by atoms with Gasteiger partial charge in [-0.15, -0.1) is 0 Å². The van der Waals surface area contributed by atoms with E-state index in [4.69, 9.17) is 10.00 Å². The Balaban J connectivity index is 2.79. The summed E-state index contributed by atoms with van der Waals surface area (Å²) in [5.41, 5.74) is 0.791. The lowest BCUT2D eigenvalue weighted by molar-refractivity contribution is -0.122. The summed E-state index contributed by atoms with van der Waals surface area (Å²) in [6.07, 6.45) is 0.310. The van der Waals surface area contributed by atoms with Crippen molar-refractivity contribution in [2.75, 3.05) is 25.2 Å². The minimum Gasteiger partial charge on any atom is -0.375 e. The van der Waals surface area contributed by atoms with Gasteiger partial charge in [-0.1, -0.05) is 18.2 Å². The fourth-order valence-corrected chi connectivity index (χ4v) is 1.37. The third-order valence-corrected chi connectivity index (χ3v) is 2.08. The van der Waals surface area contributed by atoms with Crippen molar-refractivity contribution in [3.63, 3.8) is 0 Å². The molecule has 0 saturated heterocycles. The lowest BCUT2D eigenvalue weighted by Crippen LogP contribution is -2.34. The number of nitriles is 1. The van der Waals surface area contributed by atoms with E-state index in [1.165, 1.54) is 7.11 Å². The van der Waals surface area contributed by atoms with E-state index in [-0.39, 0.29) is 12.5 Å². The van der Waals surface area contributed by atoms with Gasteiger partial charge in [0.1, 0.15) is 6.61 Å². The highest BCUT2D eigenvalue weighted by Crippen LogP contribution is 2.13. The van der Waals surface area contributed by atoms with E-state index >= 15 is 0 Å². The predicted molar refractivity (Wildman–Crippen MR) is 60.9 cm³/mol. The van der Waals surface area contributed by atoms with Gasteiger partial charge in [0.25, 0.3) is 5.91 Å². The molecule has 4 nitrogen and oxygen atoms in total. The molecule has 0 saturated carbocycles. The molecule has 0 atom stereocenters. The molecule has 0 aromatic heterocycles. The molecular weight excluding hydrogens is 204 g/mol. The van der Waals surface area contributed by atoms with Gasteiger partial charge >= 0.3 is 0 Å². The van der Waals surface area contributed by atoms with E-state index in [2.05, 4.69) is 0 Å². The van der Waals surface area contributed by atoms with E-state index < -0.39 is 0 Å². The molecule has 0 heterocycles. The van der Waals surface area contributed by atoms with Gasteiger partial charge in [-0.3, -0.25) is 4.79 Å². The van der Waals surface area contributed by atoms with Crippen molar-refractivity contribution < 1.29 is 9.53 Å². The molecule has 1 amide bonds. The number of methoxy groups -OCH3 is 1. The maximum absolute atomic E-state index is 11.7. The average Bonchev–Trinajstić information content (AvgIpc) is 2.31. The van der Waals surface area contributed by atoms with Crippen molar-refractivity contribution in [1.29, 1.82) is 5.26 Å². The van der Waals surface area contributed by atoms with E-state index in [1.807, 2.05) is 36.4 Å². The van der Waals surface area contributed by atoms with Crippen LogP contribution in [0.1, 0.15) is 6.42 Å². The minimum atomic E-state index is -0.135. The lowest BCUT2D eigenvalue weighted by atomic mass is 10.2. The Labute approximate surface area is 95.0 Å². The van der Waals surface area contributed by atoms with E-state index in [0.29, 0.717) is 13.0 Å². The van der Waals surface area contributed by atoms with Crippen LogP contribution in [0.3, 0.4) is 0 Å². The van der Waals surface area contributed by atoms with Gasteiger partial charge in [-0.05, 0) is 12.1 Å². The number of amides is 1. The summed E-state index contributed by atoms with van der Waals surface area (Å²) in [7, 11) is 1.48. The Hall–Kier alpha value is -1.86. The summed E-state index contributed by atoms with van der Waals surface area (Å²) in [6, 6.07) is 11.3. The smallest absolute Gasteiger partial charge is 0.252 e. The van der Waals surface area contributed by atoms with Crippen molar-refractivity contribution in [1.82, 2.24) is 0 Å². The number of para-hydroxylation sites is 1. The Kier molecular flexibility index (Phi) is 5.03. The molecule has 16 heavy (non-hydrogen) atoms. The number of anilines is 1. The standard InChI is InChI=1S/C12H14N2O2/c1-16-10-12(15)14(9-5-8-13)11-6-3-2-4-7-11/h2-4,6-7H,5,9-10H2,1H3. The van der Waals surface area contributed by atoms with Crippen LogP contribution < -0.4 is 4.90 Å². The Bertz CT molecular complexity index is 370. The molecule has 4 heteroatoms. The molecule has 1 aromatic rings. The number of nitrogens with zero attached hydrogens (tertiary/aromatic N) is 2. The fraction of sp³-hybridized carbons (Fsp3) is 0.333.